The van der Waals surface area contributed by atoms with Crippen LogP contribution in [-0.2, 0) is 5.41 Å². The molecule has 31 heavy (non-hydrogen) atoms. The number of fused-ring (bicyclic) bond motifs is 10. The van der Waals surface area contributed by atoms with Gasteiger partial charge in [-0.25, -0.2) is 0 Å². The van der Waals surface area contributed by atoms with Crippen molar-refractivity contribution < 1.29 is 0 Å². The van der Waals surface area contributed by atoms with Gasteiger partial charge in [-0.05, 0) is 54.6 Å². The highest BCUT2D eigenvalue weighted by atomic mass is 14.4. The third-order valence-electron chi connectivity index (χ3n) is 6.41. The van der Waals surface area contributed by atoms with Crippen molar-refractivity contribution in [2.45, 2.75) is 47.0 Å². The first-order valence-corrected chi connectivity index (χ1v) is 11.6. The van der Waals surface area contributed by atoms with E-state index in [2.05, 4.69) is 98.8 Å². The van der Waals surface area contributed by atoms with Crippen LogP contribution in [-0.4, -0.2) is 0 Å². The molecule has 0 saturated heterocycles. The van der Waals surface area contributed by atoms with Gasteiger partial charge in [-0.2, -0.15) is 0 Å². The molecule has 0 aromatic heterocycles. The molecule has 0 spiro atoms. The van der Waals surface area contributed by atoms with E-state index in [0.29, 0.717) is 0 Å². The van der Waals surface area contributed by atoms with Crippen molar-refractivity contribution in [3.8, 4) is 11.1 Å². The maximum atomic E-state index is 2.38. The Kier molecular flexibility index (Phi) is 5.58. The molecular formula is C31H32. The average molecular weight is 405 g/mol. The van der Waals surface area contributed by atoms with Gasteiger partial charge in [0.2, 0.25) is 0 Å². The minimum atomic E-state index is -0.0155. The summed E-state index contributed by atoms with van der Waals surface area (Å²) >= 11 is 0. The molecule has 5 aromatic rings. The van der Waals surface area contributed by atoms with E-state index in [1.54, 1.807) is 0 Å². The number of benzene rings is 5. The molecule has 0 N–H and O–H groups in total. The van der Waals surface area contributed by atoms with Gasteiger partial charge in [0.05, 0.1) is 0 Å². The van der Waals surface area contributed by atoms with Gasteiger partial charge in [-0.3, -0.25) is 0 Å². The Morgan fingerprint density at radius 1 is 0.452 bits per heavy atom. The predicted molar refractivity (Wildman–Crippen MR) is 139 cm³/mol. The molecule has 0 aliphatic heterocycles. The molecule has 0 saturated carbocycles. The molecule has 1 aliphatic rings. The lowest BCUT2D eigenvalue weighted by Crippen LogP contribution is -2.15. The van der Waals surface area contributed by atoms with Gasteiger partial charge in [0.1, 0.15) is 0 Å². The van der Waals surface area contributed by atoms with Crippen LogP contribution in [0.1, 0.15) is 52.7 Å². The van der Waals surface area contributed by atoms with E-state index in [0.717, 1.165) is 0 Å². The van der Waals surface area contributed by atoms with Crippen LogP contribution in [0.25, 0.3) is 43.4 Å². The van der Waals surface area contributed by atoms with E-state index in [1.165, 1.54) is 54.6 Å². The SMILES string of the molecule is CC.CC.CC1(C)c2ccc3ccccc3c2-c2c1c1ccccc1c1ccccc21. The zero-order valence-corrected chi connectivity index (χ0v) is 19.6. The van der Waals surface area contributed by atoms with Gasteiger partial charge < -0.3 is 0 Å². The fourth-order valence-electron chi connectivity index (χ4n) is 5.25. The summed E-state index contributed by atoms with van der Waals surface area (Å²) in [5.41, 5.74) is 5.76. The minimum Gasteiger partial charge on any atom is -0.0683 e. The fourth-order valence-corrected chi connectivity index (χ4v) is 5.25. The van der Waals surface area contributed by atoms with Gasteiger partial charge in [0.15, 0.2) is 0 Å². The van der Waals surface area contributed by atoms with E-state index in [-0.39, 0.29) is 5.41 Å². The highest BCUT2D eigenvalue weighted by Gasteiger charge is 2.39. The lowest BCUT2D eigenvalue weighted by atomic mass is 9.79. The molecule has 0 heterocycles. The van der Waals surface area contributed by atoms with Gasteiger partial charge in [0.25, 0.3) is 0 Å². The highest BCUT2D eigenvalue weighted by molar-refractivity contribution is 6.21. The van der Waals surface area contributed by atoms with Crippen LogP contribution in [0.15, 0.2) is 84.9 Å². The van der Waals surface area contributed by atoms with Gasteiger partial charge in [-0.15, -0.1) is 0 Å². The number of rotatable bonds is 0. The third-order valence-corrected chi connectivity index (χ3v) is 6.41. The van der Waals surface area contributed by atoms with E-state index in [4.69, 9.17) is 0 Å². The van der Waals surface area contributed by atoms with Crippen LogP contribution in [0.2, 0.25) is 0 Å². The highest BCUT2D eigenvalue weighted by Crippen LogP contribution is 2.56. The molecule has 0 fully saturated rings. The smallest absolute Gasteiger partial charge is 0.0165 e. The van der Waals surface area contributed by atoms with Crippen LogP contribution < -0.4 is 0 Å². The molecule has 5 aromatic carbocycles. The standard InChI is InChI=1S/C27H20.2C2H6/c1-27(2)23-16-15-17-9-3-4-10-18(17)24(23)25-21-13-7-5-11-19(21)20-12-6-8-14-22(20)26(25)27;2*1-2/h3-16H,1-2H3;2*1-2H3. The summed E-state index contributed by atoms with van der Waals surface area (Å²) < 4.78 is 0. The van der Waals surface area contributed by atoms with Crippen molar-refractivity contribution in [2.24, 2.45) is 0 Å². The Balaban J connectivity index is 0.000000549. The second-order valence-electron chi connectivity index (χ2n) is 8.18. The van der Waals surface area contributed by atoms with Crippen molar-refractivity contribution >= 4 is 32.3 Å². The van der Waals surface area contributed by atoms with Crippen molar-refractivity contribution in [1.29, 1.82) is 0 Å². The zero-order chi connectivity index (χ0) is 22.2. The number of hydrogen-bond donors (Lipinski definition) is 0. The van der Waals surface area contributed by atoms with Crippen molar-refractivity contribution in [3.63, 3.8) is 0 Å². The summed E-state index contributed by atoms with van der Waals surface area (Å²) in [5.74, 6) is 0. The third kappa shape index (κ3) is 2.97. The Labute approximate surface area is 186 Å². The molecule has 0 radical (unpaired) electrons. The second kappa shape index (κ2) is 8.19. The molecular weight excluding hydrogens is 372 g/mol. The van der Waals surface area contributed by atoms with E-state index in [1.807, 2.05) is 27.7 Å². The summed E-state index contributed by atoms with van der Waals surface area (Å²) in [4.78, 5) is 0. The molecule has 0 amide bonds. The summed E-state index contributed by atoms with van der Waals surface area (Å²) in [6, 6.07) is 31.2. The molecule has 0 heteroatoms. The Morgan fingerprint density at radius 3 is 1.58 bits per heavy atom. The zero-order valence-electron chi connectivity index (χ0n) is 19.6. The summed E-state index contributed by atoms with van der Waals surface area (Å²) in [6.45, 7) is 12.8. The first kappa shape index (κ1) is 21.1. The van der Waals surface area contributed by atoms with Crippen LogP contribution >= 0.6 is 0 Å². The van der Waals surface area contributed by atoms with Gasteiger partial charge in [-0.1, -0.05) is 126 Å². The summed E-state index contributed by atoms with van der Waals surface area (Å²) in [7, 11) is 0. The Bertz CT molecular complexity index is 1390. The van der Waals surface area contributed by atoms with Crippen LogP contribution in [0.3, 0.4) is 0 Å². The summed E-state index contributed by atoms with van der Waals surface area (Å²) in [6.07, 6.45) is 0. The quantitative estimate of drug-likeness (QED) is 0.225. The van der Waals surface area contributed by atoms with E-state index >= 15 is 0 Å². The van der Waals surface area contributed by atoms with Crippen LogP contribution in [0, 0.1) is 0 Å². The van der Waals surface area contributed by atoms with E-state index < -0.39 is 0 Å². The molecule has 0 atom stereocenters. The normalized spacial score (nSPS) is 13.1. The van der Waals surface area contributed by atoms with Gasteiger partial charge >= 0.3 is 0 Å². The Morgan fingerprint density at radius 2 is 0.935 bits per heavy atom. The molecule has 156 valence electrons. The molecule has 1 aliphatic carbocycles. The molecule has 0 nitrogen and oxygen atoms in total. The largest absolute Gasteiger partial charge is 0.0683 e. The first-order valence-electron chi connectivity index (χ1n) is 11.6. The molecule has 0 unspecified atom stereocenters. The fraction of sp³-hybridized carbons (Fsp3) is 0.226. The first-order chi connectivity index (χ1) is 15.2. The lowest BCUT2D eigenvalue weighted by Gasteiger charge is -2.24. The second-order valence-corrected chi connectivity index (χ2v) is 8.18. The monoisotopic (exact) mass is 404 g/mol. The van der Waals surface area contributed by atoms with E-state index in [9.17, 15) is 0 Å². The van der Waals surface area contributed by atoms with Crippen LogP contribution in [0.5, 0.6) is 0 Å². The van der Waals surface area contributed by atoms with Crippen molar-refractivity contribution in [3.05, 3.63) is 96.1 Å². The maximum Gasteiger partial charge on any atom is 0.0165 e. The summed E-state index contributed by atoms with van der Waals surface area (Å²) in [5, 5.41) is 8.14. The lowest BCUT2D eigenvalue weighted by molar-refractivity contribution is 0.667. The van der Waals surface area contributed by atoms with Crippen molar-refractivity contribution in [2.75, 3.05) is 0 Å². The van der Waals surface area contributed by atoms with Crippen molar-refractivity contribution in [1.82, 2.24) is 0 Å². The molecule has 6 rings (SSSR count). The topological polar surface area (TPSA) is 0 Å². The number of hydrogen-bond acceptors (Lipinski definition) is 0. The minimum absolute atomic E-state index is 0.0155. The van der Waals surface area contributed by atoms with Gasteiger partial charge in [0, 0.05) is 5.41 Å². The van der Waals surface area contributed by atoms with Crippen LogP contribution in [0.4, 0.5) is 0 Å². The Hall–Kier alpha value is -3.12. The predicted octanol–water partition coefficient (Wildman–Crippen LogP) is 9.50. The molecule has 0 bridgehead atoms. The average Bonchev–Trinajstić information content (AvgIpc) is 3.09. The maximum absolute atomic E-state index is 2.38.